The summed E-state index contributed by atoms with van der Waals surface area (Å²) in [5, 5.41) is 11.9. The molecular formula is C27H32N2O6. The summed E-state index contributed by atoms with van der Waals surface area (Å²) < 4.78 is 10.9. The fourth-order valence-corrected chi connectivity index (χ4v) is 5.34. The van der Waals surface area contributed by atoms with Gasteiger partial charge in [0.1, 0.15) is 12.1 Å². The zero-order chi connectivity index (χ0) is 25.2. The molecule has 4 rings (SSSR count). The molecule has 2 amide bonds. The number of methoxy groups -OCH3 is 1. The third-order valence-electron chi connectivity index (χ3n) is 7.12. The fourth-order valence-electron chi connectivity index (χ4n) is 5.34. The summed E-state index contributed by atoms with van der Waals surface area (Å²) in [6.07, 6.45) is -0.694. The zero-order valence-corrected chi connectivity index (χ0v) is 20.3. The van der Waals surface area contributed by atoms with Crippen molar-refractivity contribution in [3.8, 4) is 11.1 Å². The van der Waals surface area contributed by atoms with E-state index in [0.717, 1.165) is 22.3 Å². The second-order valence-corrected chi connectivity index (χ2v) is 9.76. The molecule has 0 bridgehead atoms. The quantitative estimate of drug-likeness (QED) is 0.599. The molecule has 1 aliphatic carbocycles. The highest BCUT2D eigenvalue weighted by Gasteiger charge is 2.43. The number of aliphatic carboxylic acids is 1. The van der Waals surface area contributed by atoms with Crippen molar-refractivity contribution in [3.63, 3.8) is 0 Å². The number of ether oxygens (including phenoxy) is 2. The number of amides is 2. The Balaban J connectivity index is 1.43. The maximum atomic E-state index is 13.4. The van der Waals surface area contributed by atoms with Gasteiger partial charge in [-0.3, -0.25) is 9.59 Å². The first kappa shape index (κ1) is 24.7. The van der Waals surface area contributed by atoms with Crippen LogP contribution in [-0.2, 0) is 19.1 Å². The summed E-state index contributed by atoms with van der Waals surface area (Å²) >= 11 is 0. The van der Waals surface area contributed by atoms with Gasteiger partial charge >= 0.3 is 12.1 Å². The normalized spacial score (nSPS) is 20.6. The third kappa shape index (κ3) is 5.03. The number of nitrogens with zero attached hydrogens (tertiary/aromatic N) is 1. The highest BCUT2D eigenvalue weighted by molar-refractivity contribution is 5.90. The zero-order valence-electron chi connectivity index (χ0n) is 20.3. The number of alkyl carbamates (subject to hydrolysis) is 1. The number of carbonyl (C=O) groups excluding carboxylic acids is 2. The Kier molecular flexibility index (Phi) is 7.12. The van der Waals surface area contributed by atoms with Gasteiger partial charge in [-0.2, -0.15) is 0 Å². The van der Waals surface area contributed by atoms with Crippen molar-refractivity contribution >= 4 is 18.0 Å². The van der Waals surface area contributed by atoms with Crippen LogP contribution in [0.5, 0.6) is 0 Å². The van der Waals surface area contributed by atoms with E-state index < -0.39 is 17.6 Å². The second-order valence-electron chi connectivity index (χ2n) is 9.76. The van der Waals surface area contributed by atoms with E-state index in [9.17, 15) is 14.4 Å². The monoisotopic (exact) mass is 480 g/mol. The van der Waals surface area contributed by atoms with E-state index in [-0.39, 0.29) is 43.3 Å². The minimum Gasteiger partial charge on any atom is -0.481 e. The highest BCUT2D eigenvalue weighted by atomic mass is 16.5. The summed E-state index contributed by atoms with van der Waals surface area (Å²) in [4.78, 5) is 39.0. The van der Waals surface area contributed by atoms with Crippen LogP contribution in [-0.4, -0.2) is 66.9 Å². The van der Waals surface area contributed by atoms with Gasteiger partial charge in [0, 0.05) is 26.1 Å². The first-order chi connectivity index (χ1) is 16.7. The van der Waals surface area contributed by atoms with Crippen LogP contribution in [0, 0.1) is 11.8 Å². The SMILES string of the molecule is COCC(C)(NC(=O)OCC1c2ccccc2-c2ccccc21)C(=O)N1C[C@@H](CC(=O)O)[C@H](C)C1. The van der Waals surface area contributed by atoms with Crippen LogP contribution in [0.15, 0.2) is 48.5 Å². The summed E-state index contributed by atoms with van der Waals surface area (Å²) in [5.74, 6) is -1.36. The van der Waals surface area contributed by atoms with Gasteiger partial charge in [0.25, 0.3) is 5.91 Å². The van der Waals surface area contributed by atoms with E-state index in [1.807, 2.05) is 43.3 Å². The summed E-state index contributed by atoms with van der Waals surface area (Å²) in [6, 6.07) is 16.2. The number of likely N-dealkylation sites (tertiary alicyclic amines) is 1. The molecule has 0 saturated carbocycles. The molecule has 8 nitrogen and oxygen atoms in total. The molecule has 2 aromatic carbocycles. The van der Waals surface area contributed by atoms with Gasteiger partial charge < -0.3 is 24.8 Å². The Bertz CT molecular complexity index is 1070. The number of benzene rings is 2. The van der Waals surface area contributed by atoms with Gasteiger partial charge in [0.2, 0.25) is 0 Å². The average molecular weight is 481 g/mol. The van der Waals surface area contributed by atoms with Crippen LogP contribution in [0.25, 0.3) is 11.1 Å². The van der Waals surface area contributed by atoms with Gasteiger partial charge in [-0.05, 0) is 41.0 Å². The molecule has 2 aromatic rings. The molecule has 1 fully saturated rings. The molecule has 0 aromatic heterocycles. The number of hydrogen-bond donors (Lipinski definition) is 2. The van der Waals surface area contributed by atoms with Crippen LogP contribution < -0.4 is 5.32 Å². The van der Waals surface area contributed by atoms with Crippen molar-refractivity contribution in [2.75, 3.05) is 33.4 Å². The van der Waals surface area contributed by atoms with Crippen molar-refractivity contribution in [1.82, 2.24) is 10.2 Å². The Morgan fingerprint density at radius 1 is 1.06 bits per heavy atom. The first-order valence-electron chi connectivity index (χ1n) is 11.9. The Morgan fingerprint density at radius 2 is 1.66 bits per heavy atom. The lowest BCUT2D eigenvalue weighted by molar-refractivity contribution is -0.140. The van der Waals surface area contributed by atoms with Crippen LogP contribution in [0.1, 0.15) is 37.3 Å². The van der Waals surface area contributed by atoms with E-state index in [1.54, 1.807) is 11.8 Å². The van der Waals surface area contributed by atoms with Crippen LogP contribution in [0.4, 0.5) is 4.79 Å². The van der Waals surface area contributed by atoms with Crippen LogP contribution in [0.3, 0.4) is 0 Å². The number of fused-ring (bicyclic) bond motifs is 3. The fraction of sp³-hybridized carbons (Fsp3) is 0.444. The van der Waals surface area contributed by atoms with E-state index >= 15 is 0 Å². The Labute approximate surface area is 205 Å². The summed E-state index contributed by atoms with van der Waals surface area (Å²) in [5.41, 5.74) is 3.14. The summed E-state index contributed by atoms with van der Waals surface area (Å²) in [6.45, 7) is 4.41. The molecule has 2 N–H and O–H groups in total. The maximum absolute atomic E-state index is 13.4. The lowest BCUT2D eigenvalue weighted by atomic mass is 9.95. The van der Waals surface area contributed by atoms with Gasteiger partial charge in [0.15, 0.2) is 0 Å². The molecule has 1 unspecified atom stereocenters. The smallest absolute Gasteiger partial charge is 0.408 e. The van der Waals surface area contributed by atoms with Gasteiger partial charge in [-0.15, -0.1) is 0 Å². The standard InChI is InChI=1S/C27H32N2O6/c1-17-13-29(14-18(17)12-24(30)31)25(32)27(2,16-34-3)28-26(33)35-15-23-21-10-6-4-8-19(21)20-9-5-7-11-22(20)23/h4-11,17-18,23H,12-16H2,1-3H3,(H,28,33)(H,30,31)/t17-,18-,27?/m1/s1. The molecule has 1 aliphatic heterocycles. The number of rotatable bonds is 8. The number of nitrogens with one attached hydrogen (secondary N) is 1. The van der Waals surface area contributed by atoms with Crippen molar-refractivity contribution in [2.24, 2.45) is 11.8 Å². The van der Waals surface area contributed by atoms with Gasteiger partial charge in [0.05, 0.1) is 13.0 Å². The molecule has 3 atom stereocenters. The third-order valence-corrected chi connectivity index (χ3v) is 7.12. The Hall–Kier alpha value is -3.39. The number of hydrogen-bond acceptors (Lipinski definition) is 5. The largest absolute Gasteiger partial charge is 0.481 e. The molecule has 186 valence electrons. The first-order valence-corrected chi connectivity index (χ1v) is 11.9. The molecular weight excluding hydrogens is 448 g/mol. The molecule has 35 heavy (non-hydrogen) atoms. The minimum atomic E-state index is -1.34. The topological polar surface area (TPSA) is 105 Å². The molecule has 0 radical (unpaired) electrons. The molecule has 1 heterocycles. The molecule has 2 aliphatic rings. The average Bonchev–Trinajstić information content (AvgIpc) is 3.34. The lowest BCUT2D eigenvalue weighted by Crippen LogP contribution is -2.60. The van der Waals surface area contributed by atoms with E-state index in [0.29, 0.717) is 13.1 Å². The second kappa shape index (κ2) is 10.1. The summed E-state index contributed by atoms with van der Waals surface area (Å²) in [7, 11) is 1.46. The number of carboxylic acids is 1. The van der Waals surface area contributed by atoms with Crippen LogP contribution >= 0.6 is 0 Å². The van der Waals surface area contributed by atoms with Crippen molar-refractivity contribution < 1.29 is 29.0 Å². The molecule has 8 heteroatoms. The predicted molar refractivity (Wildman–Crippen MR) is 130 cm³/mol. The number of carbonyl (C=O) groups is 3. The highest BCUT2D eigenvalue weighted by Crippen LogP contribution is 2.44. The van der Waals surface area contributed by atoms with Crippen molar-refractivity contribution in [3.05, 3.63) is 59.7 Å². The van der Waals surface area contributed by atoms with Crippen molar-refractivity contribution in [2.45, 2.75) is 31.7 Å². The maximum Gasteiger partial charge on any atom is 0.408 e. The Morgan fingerprint density at radius 3 is 2.23 bits per heavy atom. The minimum absolute atomic E-state index is 0.00570. The van der Waals surface area contributed by atoms with E-state index in [2.05, 4.69) is 17.4 Å². The number of carboxylic acid groups (broad SMARTS) is 1. The predicted octanol–water partition coefficient (Wildman–Crippen LogP) is 3.50. The molecule has 0 spiro atoms. The van der Waals surface area contributed by atoms with Crippen LogP contribution in [0.2, 0.25) is 0 Å². The van der Waals surface area contributed by atoms with E-state index in [1.165, 1.54) is 7.11 Å². The molecule has 1 saturated heterocycles. The van der Waals surface area contributed by atoms with Gasteiger partial charge in [-0.1, -0.05) is 55.5 Å². The van der Waals surface area contributed by atoms with Gasteiger partial charge in [-0.25, -0.2) is 4.79 Å². The van der Waals surface area contributed by atoms with E-state index in [4.69, 9.17) is 14.6 Å². The van der Waals surface area contributed by atoms with Crippen molar-refractivity contribution in [1.29, 1.82) is 0 Å². The lowest BCUT2D eigenvalue weighted by Gasteiger charge is -2.32.